The Hall–Kier alpha value is -2.72. The summed E-state index contributed by atoms with van der Waals surface area (Å²) in [5.41, 5.74) is 3.65. The number of hydrogen-bond donors (Lipinski definition) is 1. The maximum Gasteiger partial charge on any atom is 0.128 e. The lowest BCUT2D eigenvalue weighted by Gasteiger charge is -2.11. The van der Waals surface area contributed by atoms with Crippen molar-refractivity contribution in [2.45, 2.75) is 6.54 Å². The fourth-order valence-corrected chi connectivity index (χ4v) is 3.65. The number of halogens is 1. The number of thiazole rings is 1. The molecule has 0 saturated carbocycles. The maximum absolute atomic E-state index is 13.8. The molecule has 3 aromatic carbocycles. The van der Waals surface area contributed by atoms with Crippen molar-refractivity contribution >= 4 is 27.2 Å². The van der Waals surface area contributed by atoms with E-state index in [1.807, 2.05) is 48.5 Å². The van der Waals surface area contributed by atoms with Crippen LogP contribution in [0.4, 0.5) is 10.1 Å². The lowest BCUT2D eigenvalue weighted by molar-refractivity contribution is 0.613. The maximum atomic E-state index is 13.8. The molecule has 4 aromatic rings. The second-order valence-corrected chi connectivity index (χ2v) is 6.51. The number of nitrogens with zero attached hydrogens (tertiary/aromatic N) is 1. The molecule has 0 aliphatic carbocycles. The molecule has 2 nitrogen and oxygen atoms in total. The largest absolute Gasteiger partial charge is 0.380 e. The molecule has 118 valence electrons. The molecule has 0 atom stereocenters. The van der Waals surface area contributed by atoms with Crippen LogP contribution < -0.4 is 5.32 Å². The second kappa shape index (κ2) is 6.42. The average Bonchev–Trinajstić information content (AvgIpc) is 3.05. The van der Waals surface area contributed by atoms with Gasteiger partial charge in [0.2, 0.25) is 0 Å². The Bertz CT molecular complexity index is 961. The van der Waals surface area contributed by atoms with Gasteiger partial charge in [0.05, 0.1) is 10.2 Å². The second-order valence-electron chi connectivity index (χ2n) is 5.48. The molecular formula is C20H15FN2S. The third-order valence-corrected chi connectivity index (χ3v) is 4.95. The van der Waals surface area contributed by atoms with Gasteiger partial charge in [-0.05, 0) is 30.3 Å². The van der Waals surface area contributed by atoms with E-state index in [0.717, 1.165) is 26.5 Å². The number of benzene rings is 3. The number of nitrogens with one attached hydrogen (secondary N) is 1. The fraction of sp³-hybridized carbons (Fsp3) is 0.0500. The zero-order valence-electron chi connectivity index (χ0n) is 12.9. The summed E-state index contributed by atoms with van der Waals surface area (Å²) < 4.78 is 15.0. The minimum absolute atomic E-state index is 0.192. The van der Waals surface area contributed by atoms with Gasteiger partial charge in [0.1, 0.15) is 10.8 Å². The van der Waals surface area contributed by atoms with E-state index in [1.165, 1.54) is 6.07 Å². The van der Waals surface area contributed by atoms with Crippen LogP contribution in [-0.2, 0) is 6.54 Å². The van der Waals surface area contributed by atoms with E-state index < -0.39 is 0 Å². The van der Waals surface area contributed by atoms with Crippen LogP contribution in [0.3, 0.4) is 0 Å². The quantitative estimate of drug-likeness (QED) is 0.517. The summed E-state index contributed by atoms with van der Waals surface area (Å²) in [6, 6.07) is 22.9. The molecular weight excluding hydrogens is 319 g/mol. The van der Waals surface area contributed by atoms with Crippen molar-refractivity contribution < 1.29 is 4.39 Å². The molecule has 1 N–H and O–H groups in total. The first-order chi connectivity index (χ1) is 11.8. The van der Waals surface area contributed by atoms with Crippen LogP contribution in [0, 0.1) is 5.82 Å². The van der Waals surface area contributed by atoms with Crippen molar-refractivity contribution in [1.29, 1.82) is 0 Å². The van der Waals surface area contributed by atoms with Crippen molar-refractivity contribution in [3.63, 3.8) is 0 Å². The van der Waals surface area contributed by atoms with Crippen molar-refractivity contribution in [3.8, 4) is 10.6 Å². The molecule has 0 bridgehead atoms. The highest BCUT2D eigenvalue weighted by atomic mass is 32.1. The van der Waals surface area contributed by atoms with Crippen molar-refractivity contribution in [1.82, 2.24) is 4.98 Å². The first-order valence-corrected chi connectivity index (χ1v) is 8.55. The van der Waals surface area contributed by atoms with Crippen molar-refractivity contribution in [3.05, 3.63) is 84.2 Å². The molecule has 0 fully saturated rings. The highest BCUT2D eigenvalue weighted by Crippen LogP contribution is 2.34. The Labute approximate surface area is 143 Å². The van der Waals surface area contributed by atoms with Gasteiger partial charge in [-0.2, -0.15) is 0 Å². The van der Waals surface area contributed by atoms with Gasteiger partial charge in [-0.1, -0.05) is 42.5 Å². The first kappa shape index (κ1) is 14.8. The molecule has 0 aliphatic rings. The van der Waals surface area contributed by atoms with Gasteiger partial charge in [0, 0.05) is 23.4 Å². The first-order valence-electron chi connectivity index (χ1n) is 7.73. The van der Waals surface area contributed by atoms with Gasteiger partial charge in [-0.25, -0.2) is 9.37 Å². The Morgan fingerprint density at radius 2 is 1.62 bits per heavy atom. The molecule has 0 radical (unpaired) electrons. The third kappa shape index (κ3) is 2.88. The number of para-hydroxylation sites is 2. The Kier molecular flexibility index (Phi) is 3.97. The summed E-state index contributed by atoms with van der Waals surface area (Å²) in [7, 11) is 0. The van der Waals surface area contributed by atoms with Crippen LogP contribution >= 0.6 is 11.3 Å². The van der Waals surface area contributed by atoms with Gasteiger partial charge in [0.25, 0.3) is 0 Å². The summed E-state index contributed by atoms with van der Waals surface area (Å²) in [5, 5.41) is 4.31. The average molecular weight is 334 g/mol. The highest BCUT2D eigenvalue weighted by molar-refractivity contribution is 7.21. The third-order valence-electron chi connectivity index (χ3n) is 3.88. The topological polar surface area (TPSA) is 24.9 Å². The van der Waals surface area contributed by atoms with Crippen LogP contribution in [-0.4, -0.2) is 4.98 Å². The van der Waals surface area contributed by atoms with Crippen LogP contribution in [0.25, 0.3) is 20.8 Å². The molecule has 4 heteroatoms. The summed E-state index contributed by atoms with van der Waals surface area (Å²) >= 11 is 1.66. The van der Waals surface area contributed by atoms with Gasteiger partial charge in [-0.15, -0.1) is 11.3 Å². The molecule has 1 heterocycles. The van der Waals surface area contributed by atoms with Crippen molar-refractivity contribution in [2.75, 3.05) is 5.32 Å². The molecule has 24 heavy (non-hydrogen) atoms. The van der Waals surface area contributed by atoms with E-state index in [9.17, 15) is 4.39 Å². The van der Waals surface area contributed by atoms with E-state index in [2.05, 4.69) is 11.4 Å². The molecule has 0 unspecified atom stereocenters. The van der Waals surface area contributed by atoms with Crippen LogP contribution in [0.1, 0.15) is 5.56 Å². The van der Waals surface area contributed by atoms with Gasteiger partial charge in [0.15, 0.2) is 0 Å². The molecule has 0 aliphatic heterocycles. The van der Waals surface area contributed by atoms with Gasteiger partial charge in [-0.3, -0.25) is 0 Å². The predicted molar refractivity (Wildman–Crippen MR) is 98.8 cm³/mol. The van der Waals surface area contributed by atoms with Crippen LogP contribution in [0.5, 0.6) is 0 Å². The van der Waals surface area contributed by atoms with E-state index >= 15 is 0 Å². The number of aromatic nitrogens is 1. The van der Waals surface area contributed by atoms with Gasteiger partial charge >= 0.3 is 0 Å². The summed E-state index contributed by atoms with van der Waals surface area (Å²) in [6.07, 6.45) is 0. The number of rotatable bonds is 4. The van der Waals surface area contributed by atoms with Crippen LogP contribution in [0.15, 0.2) is 72.8 Å². The predicted octanol–water partition coefficient (Wildman–Crippen LogP) is 5.71. The molecule has 0 amide bonds. The number of anilines is 1. The minimum Gasteiger partial charge on any atom is -0.380 e. The Balaban J connectivity index is 1.66. The monoisotopic (exact) mass is 334 g/mol. The SMILES string of the molecule is Fc1ccccc1CNc1ccccc1-c1nc2ccccc2s1. The van der Waals surface area contributed by atoms with Gasteiger partial charge < -0.3 is 5.32 Å². The highest BCUT2D eigenvalue weighted by Gasteiger charge is 2.10. The fourth-order valence-electron chi connectivity index (χ4n) is 2.64. The molecule has 0 spiro atoms. The lowest BCUT2D eigenvalue weighted by atomic mass is 10.1. The van der Waals surface area contributed by atoms with Crippen molar-refractivity contribution in [2.24, 2.45) is 0 Å². The normalized spacial score (nSPS) is 10.9. The van der Waals surface area contributed by atoms with E-state index in [4.69, 9.17) is 4.98 Å². The zero-order chi connectivity index (χ0) is 16.4. The number of hydrogen-bond acceptors (Lipinski definition) is 3. The zero-order valence-corrected chi connectivity index (χ0v) is 13.7. The molecule has 4 rings (SSSR count). The Morgan fingerprint density at radius 3 is 2.50 bits per heavy atom. The number of fused-ring (bicyclic) bond motifs is 1. The smallest absolute Gasteiger partial charge is 0.128 e. The lowest BCUT2D eigenvalue weighted by Crippen LogP contribution is -2.02. The Morgan fingerprint density at radius 1 is 0.875 bits per heavy atom. The molecule has 1 aromatic heterocycles. The summed E-state index contributed by atoms with van der Waals surface area (Å²) in [5.74, 6) is -0.192. The minimum atomic E-state index is -0.192. The van der Waals surface area contributed by atoms with Crippen LogP contribution in [0.2, 0.25) is 0 Å². The molecule has 0 saturated heterocycles. The standard InChI is InChI=1S/C20H15FN2S/c21-16-9-3-1-7-14(16)13-22-17-10-4-2-8-15(17)20-23-18-11-5-6-12-19(18)24-20/h1-12,22H,13H2. The van der Waals surface area contributed by atoms with E-state index in [1.54, 1.807) is 23.5 Å². The van der Waals surface area contributed by atoms with E-state index in [-0.39, 0.29) is 5.82 Å². The summed E-state index contributed by atoms with van der Waals surface area (Å²) in [4.78, 5) is 4.72. The van der Waals surface area contributed by atoms with E-state index in [0.29, 0.717) is 12.1 Å². The summed E-state index contributed by atoms with van der Waals surface area (Å²) in [6.45, 7) is 0.439.